The van der Waals surface area contributed by atoms with Crippen molar-refractivity contribution in [2.75, 3.05) is 33.5 Å². The van der Waals surface area contributed by atoms with Crippen molar-refractivity contribution in [3.8, 4) is 6.07 Å². The summed E-state index contributed by atoms with van der Waals surface area (Å²) >= 11 is 0. The van der Waals surface area contributed by atoms with Gasteiger partial charge < -0.3 is 18.9 Å². The molecule has 0 aromatic rings. The standard InChI is InChI=1S/C15H26N2O4/c1-17-15(10-16,11-20-13-6-2-4-8-18-13)12-21-14-7-3-5-9-19-14/h13-14,17H,2-9,11-12H2,1H3. The molecule has 2 atom stereocenters. The van der Waals surface area contributed by atoms with Gasteiger partial charge in [0.25, 0.3) is 0 Å². The third-order valence-electron chi connectivity index (χ3n) is 4.00. The van der Waals surface area contributed by atoms with Crippen LogP contribution < -0.4 is 5.32 Å². The monoisotopic (exact) mass is 298 g/mol. The van der Waals surface area contributed by atoms with Gasteiger partial charge in [0.2, 0.25) is 0 Å². The first-order valence-corrected chi connectivity index (χ1v) is 7.84. The highest BCUT2D eigenvalue weighted by Gasteiger charge is 2.32. The van der Waals surface area contributed by atoms with E-state index in [9.17, 15) is 5.26 Å². The van der Waals surface area contributed by atoms with Crippen molar-refractivity contribution in [3.63, 3.8) is 0 Å². The second-order valence-electron chi connectivity index (χ2n) is 5.66. The van der Waals surface area contributed by atoms with Crippen molar-refractivity contribution in [3.05, 3.63) is 0 Å². The second-order valence-corrected chi connectivity index (χ2v) is 5.66. The molecule has 6 heteroatoms. The molecule has 0 saturated carbocycles. The Morgan fingerprint density at radius 2 is 1.57 bits per heavy atom. The maximum absolute atomic E-state index is 9.48. The van der Waals surface area contributed by atoms with Gasteiger partial charge in [0.1, 0.15) is 0 Å². The first-order valence-electron chi connectivity index (χ1n) is 7.84. The van der Waals surface area contributed by atoms with Gasteiger partial charge in [-0.2, -0.15) is 5.26 Å². The lowest BCUT2D eigenvalue weighted by Crippen LogP contribution is -2.52. The molecular weight excluding hydrogens is 272 g/mol. The van der Waals surface area contributed by atoms with Gasteiger partial charge in [-0.1, -0.05) is 0 Å². The molecule has 1 N–H and O–H groups in total. The Kier molecular flexibility index (Phi) is 6.87. The second kappa shape index (κ2) is 8.66. The minimum absolute atomic E-state index is 0.203. The van der Waals surface area contributed by atoms with E-state index in [1.54, 1.807) is 7.05 Å². The van der Waals surface area contributed by atoms with Crippen LogP contribution >= 0.6 is 0 Å². The zero-order chi connectivity index (χ0) is 15.0. The number of hydrogen-bond donors (Lipinski definition) is 1. The van der Waals surface area contributed by atoms with Crippen LogP contribution in [-0.2, 0) is 18.9 Å². The van der Waals surface area contributed by atoms with Crippen LogP contribution in [0.2, 0.25) is 0 Å². The lowest BCUT2D eigenvalue weighted by atomic mass is 10.0. The zero-order valence-electron chi connectivity index (χ0n) is 12.8. The van der Waals surface area contributed by atoms with Crippen LogP contribution in [0.5, 0.6) is 0 Å². The van der Waals surface area contributed by atoms with Crippen LogP contribution in [0.15, 0.2) is 0 Å². The molecule has 0 spiro atoms. The van der Waals surface area contributed by atoms with Crippen molar-refractivity contribution >= 4 is 0 Å². The fourth-order valence-electron chi connectivity index (χ4n) is 2.46. The molecule has 120 valence electrons. The first-order chi connectivity index (χ1) is 10.3. The summed E-state index contributed by atoms with van der Waals surface area (Å²) in [5.74, 6) is 0. The predicted octanol–water partition coefficient (Wildman–Crippen LogP) is 1.55. The molecule has 6 nitrogen and oxygen atoms in total. The molecular formula is C15H26N2O4. The van der Waals surface area contributed by atoms with Gasteiger partial charge >= 0.3 is 0 Å². The van der Waals surface area contributed by atoms with Gasteiger partial charge in [-0.3, -0.25) is 5.32 Å². The Balaban J connectivity index is 1.78. The van der Waals surface area contributed by atoms with Gasteiger partial charge in [-0.05, 0) is 45.6 Å². The van der Waals surface area contributed by atoms with Crippen molar-refractivity contribution < 1.29 is 18.9 Å². The van der Waals surface area contributed by atoms with E-state index >= 15 is 0 Å². The Morgan fingerprint density at radius 1 is 1.05 bits per heavy atom. The summed E-state index contributed by atoms with van der Waals surface area (Å²) in [5, 5.41) is 12.5. The minimum Gasteiger partial charge on any atom is -0.353 e. The Labute approximate surface area is 126 Å². The van der Waals surface area contributed by atoms with E-state index in [1.807, 2.05) is 0 Å². The number of nitrogens with zero attached hydrogens (tertiary/aromatic N) is 1. The van der Waals surface area contributed by atoms with Crippen LogP contribution in [-0.4, -0.2) is 51.6 Å². The summed E-state index contributed by atoms with van der Waals surface area (Å²) in [4.78, 5) is 0. The van der Waals surface area contributed by atoms with Crippen LogP contribution in [0.25, 0.3) is 0 Å². The summed E-state index contributed by atoms with van der Waals surface area (Å²) in [6.07, 6.45) is 5.74. The highest BCUT2D eigenvalue weighted by molar-refractivity contribution is 5.07. The molecule has 0 aromatic heterocycles. The topological polar surface area (TPSA) is 72.7 Å². The number of hydrogen-bond acceptors (Lipinski definition) is 6. The highest BCUT2D eigenvalue weighted by Crippen LogP contribution is 2.18. The number of likely N-dealkylation sites (N-methyl/N-ethyl adjacent to an activating group) is 1. The normalized spacial score (nSPS) is 29.5. The molecule has 2 heterocycles. The smallest absolute Gasteiger partial charge is 0.157 e. The quantitative estimate of drug-likeness (QED) is 0.769. The lowest BCUT2D eigenvalue weighted by Gasteiger charge is -2.31. The van der Waals surface area contributed by atoms with Gasteiger partial charge in [-0.15, -0.1) is 0 Å². The number of nitrogens with one attached hydrogen (secondary N) is 1. The number of rotatable bonds is 7. The van der Waals surface area contributed by atoms with Gasteiger partial charge in [-0.25, -0.2) is 0 Å². The summed E-state index contributed by atoms with van der Waals surface area (Å²) in [5.41, 5.74) is -0.860. The molecule has 2 fully saturated rings. The fourth-order valence-corrected chi connectivity index (χ4v) is 2.46. The number of nitriles is 1. The maximum atomic E-state index is 9.48. The average Bonchev–Trinajstić information content (AvgIpc) is 2.58. The Hall–Kier alpha value is -0.710. The fraction of sp³-hybridized carbons (Fsp3) is 0.933. The third kappa shape index (κ3) is 5.20. The third-order valence-corrected chi connectivity index (χ3v) is 4.00. The van der Waals surface area contributed by atoms with Gasteiger partial charge in [0, 0.05) is 13.2 Å². The molecule has 2 unspecified atom stereocenters. The van der Waals surface area contributed by atoms with E-state index in [0.717, 1.165) is 51.7 Å². The average molecular weight is 298 g/mol. The van der Waals surface area contributed by atoms with E-state index in [2.05, 4.69) is 11.4 Å². The largest absolute Gasteiger partial charge is 0.353 e. The van der Waals surface area contributed by atoms with Crippen molar-refractivity contribution in [2.24, 2.45) is 0 Å². The molecule has 2 rings (SSSR count). The first kappa shape index (κ1) is 16.7. The maximum Gasteiger partial charge on any atom is 0.157 e. The van der Waals surface area contributed by atoms with Crippen molar-refractivity contribution in [1.82, 2.24) is 5.32 Å². The molecule has 0 aromatic carbocycles. The molecule has 2 aliphatic rings. The summed E-state index contributed by atoms with van der Waals surface area (Å²) in [7, 11) is 1.75. The van der Waals surface area contributed by atoms with Gasteiger partial charge in [0.15, 0.2) is 18.1 Å². The number of ether oxygens (including phenoxy) is 4. The van der Waals surface area contributed by atoms with Crippen molar-refractivity contribution in [2.45, 2.75) is 56.6 Å². The van der Waals surface area contributed by atoms with E-state index in [4.69, 9.17) is 18.9 Å². The molecule has 0 amide bonds. The van der Waals surface area contributed by atoms with Gasteiger partial charge in [0.05, 0.1) is 19.3 Å². The van der Waals surface area contributed by atoms with E-state index < -0.39 is 5.54 Å². The van der Waals surface area contributed by atoms with Crippen LogP contribution in [0.4, 0.5) is 0 Å². The van der Waals surface area contributed by atoms with E-state index in [1.165, 1.54) is 0 Å². The van der Waals surface area contributed by atoms with Crippen LogP contribution in [0, 0.1) is 11.3 Å². The molecule has 0 radical (unpaired) electrons. The SMILES string of the molecule is CNC(C#N)(COC1CCCCO1)COC1CCCCO1. The highest BCUT2D eigenvalue weighted by atomic mass is 16.7. The lowest BCUT2D eigenvalue weighted by molar-refractivity contribution is -0.191. The molecule has 2 aliphatic heterocycles. The van der Waals surface area contributed by atoms with Crippen LogP contribution in [0.1, 0.15) is 38.5 Å². The molecule has 21 heavy (non-hydrogen) atoms. The molecule has 0 aliphatic carbocycles. The summed E-state index contributed by atoms with van der Waals surface area (Å²) in [6.45, 7) is 1.96. The van der Waals surface area contributed by atoms with Crippen molar-refractivity contribution in [1.29, 1.82) is 5.26 Å². The summed E-state index contributed by atoms with van der Waals surface area (Å²) in [6, 6.07) is 2.27. The zero-order valence-corrected chi connectivity index (χ0v) is 12.8. The predicted molar refractivity (Wildman–Crippen MR) is 76.5 cm³/mol. The summed E-state index contributed by atoms with van der Waals surface area (Å²) < 4.78 is 22.5. The van der Waals surface area contributed by atoms with Crippen LogP contribution in [0.3, 0.4) is 0 Å². The molecule has 0 bridgehead atoms. The Bertz CT molecular complexity index is 311. The van der Waals surface area contributed by atoms with E-state index in [-0.39, 0.29) is 25.8 Å². The minimum atomic E-state index is -0.860. The Morgan fingerprint density at radius 3 is 1.90 bits per heavy atom. The molecule has 2 saturated heterocycles. The van der Waals surface area contributed by atoms with E-state index in [0.29, 0.717) is 0 Å².